The summed E-state index contributed by atoms with van der Waals surface area (Å²) in [5, 5.41) is 35.2. The van der Waals surface area contributed by atoms with Gasteiger partial charge >= 0.3 is 11.9 Å². The fraction of sp³-hybridized carbons (Fsp3) is 0.913. The number of hydrogen-bond acceptors (Lipinski definition) is 7. The van der Waals surface area contributed by atoms with Gasteiger partial charge in [-0.25, -0.2) is 0 Å². The smallest absolute Gasteiger partial charge is 0.306 e. The topological polar surface area (TPSA) is 149 Å². The van der Waals surface area contributed by atoms with E-state index in [0.717, 1.165) is 44.9 Å². The number of ether oxygens (including phenoxy) is 3. The van der Waals surface area contributed by atoms with Crippen molar-refractivity contribution in [1.29, 1.82) is 0 Å². The minimum Gasteiger partial charge on any atom is -0.481 e. The zero-order valence-corrected chi connectivity index (χ0v) is 19.4. The third-order valence-corrected chi connectivity index (χ3v) is 6.73. The quantitative estimate of drug-likeness (QED) is 0.398. The Morgan fingerprint density at radius 2 is 1.41 bits per heavy atom. The maximum atomic E-state index is 10.5. The molecule has 0 aromatic heterocycles. The van der Waals surface area contributed by atoms with E-state index >= 15 is 0 Å². The van der Waals surface area contributed by atoms with Crippen molar-refractivity contribution in [2.45, 2.75) is 83.2 Å². The van der Waals surface area contributed by atoms with Crippen LogP contribution in [-0.4, -0.2) is 83.7 Å². The van der Waals surface area contributed by atoms with Gasteiger partial charge in [0.05, 0.1) is 49.5 Å². The number of carboxylic acid groups (broad SMARTS) is 2. The normalized spacial score (nSPS) is 34.7. The molecule has 32 heavy (non-hydrogen) atoms. The number of epoxide rings is 2. The van der Waals surface area contributed by atoms with Crippen LogP contribution in [0.3, 0.4) is 0 Å². The summed E-state index contributed by atoms with van der Waals surface area (Å²) >= 11 is 0. The average Bonchev–Trinajstić information content (AvgIpc) is 3.67. The summed E-state index contributed by atoms with van der Waals surface area (Å²) in [7, 11) is 1.62. The number of hydrogen-bond donors (Lipinski definition) is 4. The highest BCUT2D eigenvalue weighted by Gasteiger charge is 2.46. The zero-order chi connectivity index (χ0) is 23.9. The number of carboxylic acids is 2. The molecule has 2 heterocycles. The van der Waals surface area contributed by atoms with E-state index < -0.39 is 11.9 Å². The maximum absolute atomic E-state index is 10.5. The summed E-state index contributed by atoms with van der Waals surface area (Å²) in [5.41, 5.74) is -0.211. The molecule has 4 N–H and O–H groups in total. The second kappa shape index (κ2) is 12.3. The number of carbonyl (C=O) groups is 2. The van der Waals surface area contributed by atoms with Crippen LogP contribution >= 0.6 is 0 Å². The molecule has 4 aliphatic rings. The van der Waals surface area contributed by atoms with Crippen molar-refractivity contribution in [3.05, 3.63) is 0 Å². The predicted molar refractivity (Wildman–Crippen MR) is 115 cm³/mol. The Balaban J connectivity index is 0.000000170. The molecule has 8 unspecified atom stereocenters. The number of methoxy groups -OCH3 is 1. The first kappa shape index (κ1) is 27.0. The zero-order valence-electron chi connectivity index (χ0n) is 19.4. The second-order valence-corrected chi connectivity index (χ2v) is 10.0. The van der Waals surface area contributed by atoms with Crippen molar-refractivity contribution in [3.63, 3.8) is 0 Å². The molecular formula is C23H40O9. The van der Waals surface area contributed by atoms with Crippen LogP contribution in [0.4, 0.5) is 0 Å². The molecule has 0 radical (unpaired) electrons. The van der Waals surface area contributed by atoms with Gasteiger partial charge < -0.3 is 34.6 Å². The van der Waals surface area contributed by atoms with Crippen LogP contribution in [0, 0.1) is 23.2 Å². The van der Waals surface area contributed by atoms with Gasteiger partial charge in [-0.15, -0.1) is 0 Å². The average molecular weight is 461 g/mol. The molecule has 4 fully saturated rings. The third kappa shape index (κ3) is 8.59. The van der Waals surface area contributed by atoms with Crippen LogP contribution in [0.5, 0.6) is 0 Å². The van der Waals surface area contributed by atoms with Crippen molar-refractivity contribution in [2.24, 2.45) is 23.2 Å². The van der Waals surface area contributed by atoms with Crippen LogP contribution < -0.4 is 0 Å². The molecule has 2 aliphatic carbocycles. The van der Waals surface area contributed by atoms with Crippen LogP contribution in [-0.2, 0) is 23.8 Å². The van der Waals surface area contributed by atoms with Gasteiger partial charge in [-0.1, -0.05) is 13.8 Å². The molecule has 2 aliphatic heterocycles. The first-order valence-corrected chi connectivity index (χ1v) is 11.6. The molecule has 9 nitrogen and oxygen atoms in total. The standard InChI is InChI=1S/C9H20O3.2C7H10O3/c1-8(5-10)4-9(2,6-11)7-12-3;2*8-7(9)4-1-2-5-6(3-4)10-5/h8,10-11H,4-7H2,1-3H3;2*4-6H,1-3H2,(H,8,9). The first-order valence-electron chi connectivity index (χ1n) is 11.6. The minimum absolute atomic E-state index is 0.102. The van der Waals surface area contributed by atoms with E-state index in [0.29, 0.717) is 18.8 Å². The van der Waals surface area contributed by atoms with Crippen LogP contribution in [0.2, 0.25) is 0 Å². The largest absolute Gasteiger partial charge is 0.481 e. The molecule has 2 saturated heterocycles. The highest BCUT2D eigenvalue weighted by molar-refractivity contribution is 5.70. The lowest BCUT2D eigenvalue weighted by Crippen LogP contribution is -2.30. The van der Waals surface area contributed by atoms with E-state index in [1.807, 2.05) is 13.8 Å². The number of aliphatic carboxylic acids is 2. The fourth-order valence-corrected chi connectivity index (χ4v) is 4.68. The van der Waals surface area contributed by atoms with Gasteiger partial charge in [-0.2, -0.15) is 0 Å². The molecule has 0 aromatic rings. The Kier molecular flexibility index (Phi) is 10.4. The predicted octanol–water partition coefficient (Wildman–Crippen LogP) is 1.93. The van der Waals surface area contributed by atoms with Crippen LogP contribution in [0.15, 0.2) is 0 Å². The molecule has 0 amide bonds. The Labute approximate surface area is 190 Å². The summed E-state index contributed by atoms with van der Waals surface area (Å²) in [4.78, 5) is 20.9. The monoisotopic (exact) mass is 460 g/mol. The Morgan fingerprint density at radius 1 is 0.938 bits per heavy atom. The van der Waals surface area contributed by atoms with E-state index in [2.05, 4.69) is 0 Å². The van der Waals surface area contributed by atoms with Gasteiger partial charge in [0, 0.05) is 19.1 Å². The Hall–Kier alpha value is -1.26. The van der Waals surface area contributed by atoms with Gasteiger partial charge in [-0.05, 0) is 50.9 Å². The van der Waals surface area contributed by atoms with Gasteiger partial charge in [0.1, 0.15) is 0 Å². The number of aliphatic hydroxyl groups is 2. The first-order chi connectivity index (χ1) is 15.1. The third-order valence-electron chi connectivity index (χ3n) is 6.73. The van der Waals surface area contributed by atoms with Crippen molar-refractivity contribution in [2.75, 3.05) is 26.9 Å². The number of fused-ring (bicyclic) bond motifs is 2. The SMILES string of the molecule is COCC(C)(CO)CC(C)CO.O=C(O)C1CCC2OC2C1.O=C(O)C1CCC2OC2C1. The molecule has 0 spiro atoms. The lowest BCUT2D eigenvalue weighted by molar-refractivity contribution is -0.143. The molecule has 0 aromatic carbocycles. The summed E-state index contributed by atoms with van der Waals surface area (Å²) in [6, 6.07) is 0. The lowest BCUT2D eigenvalue weighted by Gasteiger charge is -2.28. The summed E-state index contributed by atoms with van der Waals surface area (Å²) in [5.74, 6) is -1.37. The van der Waals surface area contributed by atoms with E-state index in [9.17, 15) is 9.59 Å². The lowest BCUT2D eigenvalue weighted by atomic mass is 9.83. The van der Waals surface area contributed by atoms with Gasteiger partial charge in [0.15, 0.2) is 0 Å². The molecule has 4 rings (SSSR count). The summed E-state index contributed by atoms with van der Waals surface area (Å²) < 4.78 is 15.4. The van der Waals surface area contributed by atoms with Crippen molar-refractivity contribution < 1.29 is 44.2 Å². The highest BCUT2D eigenvalue weighted by atomic mass is 16.6. The Morgan fingerprint density at radius 3 is 1.72 bits per heavy atom. The summed E-state index contributed by atoms with van der Waals surface area (Å²) in [6.07, 6.45) is 7.15. The number of rotatable bonds is 8. The van der Waals surface area contributed by atoms with Crippen molar-refractivity contribution >= 4 is 11.9 Å². The van der Waals surface area contributed by atoms with E-state index in [-0.39, 0.29) is 48.6 Å². The highest BCUT2D eigenvalue weighted by Crippen LogP contribution is 2.40. The van der Waals surface area contributed by atoms with Gasteiger partial charge in [0.25, 0.3) is 0 Å². The van der Waals surface area contributed by atoms with Crippen LogP contribution in [0.25, 0.3) is 0 Å². The molecule has 186 valence electrons. The van der Waals surface area contributed by atoms with Crippen molar-refractivity contribution in [1.82, 2.24) is 0 Å². The van der Waals surface area contributed by atoms with Crippen molar-refractivity contribution in [3.8, 4) is 0 Å². The van der Waals surface area contributed by atoms with E-state index in [1.54, 1.807) is 7.11 Å². The number of aliphatic hydroxyl groups excluding tert-OH is 2. The Bertz CT molecular complexity index is 574. The van der Waals surface area contributed by atoms with Crippen LogP contribution in [0.1, 0.15) is 58.8 Å². The van der Waals surface area contributed by atoms with E-state index in [1.165, 1.54) is 0 Å². The summed E-state index contributed by atoms with van der Waals surface area (Å²) in [6.45, 7) is 4.73. The molecule has 8 atom stereocenters. The molecule has 9 heteroatoms. The van der Waals surface area contributed by atoms with E-state index in [4.69, 9.17) is 34.6 Å². The molecular weight excluding hydrogens is 420 g/mol. The van der Waals surface area contributed by atoms with Gasteiger partial charge in [0.2, 0.25) is 0 Å². The maximum Gasteiger partial charge on any atom is 0.306 e. The van der Waals surface area contributed by atoms with Gasteiger partial charge in [-0.3, -0.25) is 9.59 Å². The molecule has 2 saturated carbocycles. The second-order valence-electron chi connectivity index (χ2n) is 10.0. The fourth-order valence-electron chi connectivity index (χ4n) is 4.68. The molecule has 0 bridgehead atoms. The minimum atomic E-state index is -0.658.